The van der Waals surface area contributed by atoms with Crippen molar-refractivity contribution in [3.8, 4) is 17.6 Å². The molecule has 3 aromatic carbocycles. The van der Waals surface area contributed by atoms with E-state index in [1.165, 1.54) is 6.33 Å². The Morgan fingerprint density at radius 2 is 1.49 bits per heavy atom. The minimum atomic E-state index is -1.74. The molecule has 2 aromatic heterocycles. The number of methoxy groups -OCH3 is 2. The number of H-pyrrole nitrogens is 1. The minimum Gasteiger partial charge on any atom is -0.497 e. The number of nitrogens with one attached hydrogen (secondary N) is 2. The minimum absolute atomic E-state index is 0.0108. The topological polar surface area (TPSA) is 166 Å². The van der Waals surface area contributed by atoms with Gasteiger partial charge in [0.1, 0.15) is 23.2 Å². The van der Waals surface area contributed by atoms with Crippen LogP contribution < -0.4 is 20.3 Å². The van der Waals surface area contributed by atoms with Crippen LogP contribution in [0.3, 0.4) is 0 Å². The van der Waals surface area contributed by atoms with Gasteiger partial charge in [-0.2, -0.15) is 10.2 Å². The summed E-state index contributed by atoms with van der Waals surface area (Å²) in [6, 6.07) is 27.7. The summed E-state index contributed by atoms with van der Waals surface area (Å²) in [6.45, 7) is 12.1. The Labute approximate surface area is 335 Å². The lowest BCUT2D eigenvalue weighted by Crippen LogP contribution is -2.39. The molecule has 302 valence electrons. The number of imidazole rings is 1. The van der Waals surface area contributed by atoms with Crippen LogP contribution in [0, 0.1) is 17.2 Å². The lowest BCUT2D eigenvalue weighted by molar-refractivity contribution is -0.118. The number of aromatic nitrogens is 4. The largest absolute Gasteiger partial charge is 0.497 e. The Morgan fingerprint density at radius 3 is 2.02 bits per heavy atom. The fourth-order valence-corrected chi connectivity index (χ4v) is 8.14. The molecule has 57 heavy (non-hydrogen) atoms. The molecule has 5 aromatic rings. The molecule has 14 nitrogen and oxygen atoms in total. The number of amides is 1. The summed E-state index contributed by atoms with van der Waals surface area (Å²) in [5, 5.41) is 12.1. The molecule has 15 heteroatoms. The third kappa shape index (κ3) is 10.2. The number of benzene rings is 3. The summed E-state index contributed by atoms with van der Waals surface area (Å²) in [6.07, 6.45) is 0.976. The highest BCUT2D eigenvalue weighted by Crippen LogP contribution is 2.48. The summed E-state index contributed by atoms with van der Waals surface area (Å²) >= 11 is 0. The Kier molecular flexibility index (Phi) is 14.9. The number of nitriles is 1. The molecule has 0 fully saturated rings. The molecular formula is C42H52N7O7P. The third-order valence-corrected chi connectivity index (χ3v) is 11.4. The molecule has 0 spiro atoms. The van der Waals surface area contributed by atoms with E-state index in [1.807, 2.05) is 78.9 Å². The SMILES string of the molecule is COc1ccc(C(OC[C@@H](Cn2cnc3c(=O)[nH]c(NC(=O)C(C)C)nc32)OP(OCCC#N)N(C(C)C)C(C)C)(c2ccccc2)c2ccc(OC)cc2)cc1. The van der Waals surface area contributed by atoms with E-state index >= 15 is 0 Å². The van der Waals surface area contributed by atoms with Crippen LogP contribution in [0.4, 0.5) is 5.95 Å². The molecule has 0 bridgehead atoms. The van der Waals surface area contributed by atoms with Gasteiger partial charge in [-0.15, -0.1) is 0 Å². The van der Waals surface area contributed by atoms with Crippen molar-refractivity contribution in [2.45, 2.75) is 78.3 Å². The summed E-state index contributed by atoms with van der Waals surface area (Å²) < 4.78 is 35.6. The number of carbonyl (C=O) groups excluding carboxylic acids is 1. The number of aromatic amines is 1. The lowest BCUT2D eigenvalue weighted by atomic mass is 9.80. The van der Waals surface area contributed by atoms with Crippen molar-refractivity contribution in [3.05, 3.63) is 112 Å². The van der Waals surface area contributed by atoms with Crippen LogP contribution >= 0.6 is 8.53 Å². The van der Waals surface area contributed by atoms with Gasteiger partial charge in [0, 0.05) is 18.0 Å². The Bertz CT molecular complexity index is 2090. The van der Waals surface area contributed by atoms with Crippen LogP contribution in [0.25, 0.3) is 11.2 Å². The monoisotopic (exact) mass is 797 g/mol. The molecule has 0 saturated heterocycles. The smallest absolute Gasteiger partial charge is 0.280 e. The highest BCUT2D eigenvalue weighted by atomic mass is 31.2. The number of hydrogen-bond acceptors (Lipinski definition) is 11. The van der Waals surface area contributed by atoms with Gasteiger partial charge in [0.2, 0.25) is 11.9 Å². The van der Waals surface area contributed by atoms with Gasteiger partial charge in [-0.1, -0.05) is 68.4 Å². The summed E-state index contributed by atoms with van der Waals surface area (Å²) in [5.74, 6) is 0.763. The van der Waals surface area contributed by atoms with Crippen LogP contribution in [0.5, 0.6) is 11.5 Å². The van der Waals surface area contributed by atoms with Crippen molar-refractivity contribution in [3.63, 3.8) is 0 Å². The molecule has 1 unspecified atom stereocenters. The maximum Gasteiger partial charge on any atom is 0.280 e. The first-order valence-electron chi connectivity index (χ1n) is 18.9. The molecule has 0 aliphatic heterocycles. The molecule has 0 aliphatic rings. The predicted molar refractivity (Wildman–Crippen MR) is 220 cm³/mol. The van der Waals surface area contributed by atoms with E-state index in [4.69, 9.17) is 23.3 Å². The van der Waals surface area contributed by atoms with Gasteiger partial charge < -0.3 is 27.8 Å². The summed E-state index contributed by atoms with van der Waals surface area (Å²) in [7, 11) is 1.51. The Morgan fingerprint density at radius 1 is 0.912 bits per heavy atom. The second kappa shape index (κ2) is 19.8. The van der Waals surface area contributed by atoms with Gasteiger partial charge in [0.05, 0.1) is 52.8 Å². The van der Waals surface area contributed by atoms with Crippen molar-refractivity contribution in [1.82, 2.24) is 24.2 Å². The van der Waals surface area contributed by atoms with Crippen LogP contribution in [-0.4, -0.2) is 75.7 Å². The van der Waals surface area contributed by atoms with E-state index in [9.17, 15) is 14.9 Å². The predicted octanol–water partition coefficient (Wildman–Crippen LogP) is 7.40. The van der Waals surface area contributed by atoms with E-state index in [2.05, 4.69) is 58.7 Å². The molecule has 2 atom stereocenters. The molecule has 0 aliphatic carbocycles. The lowest BCUT2D eigenvalue weighted by Gasteiger charge is -2.39. The summed E-state index contributed by atoms with van der Waals surface area (Å²) in [5.41, 5.74) is 1.23. The van der Waals surface area contributed by atoms with E-state index in [-0.39, 0.29) is 67.2 Å². The highest BCUT2D eigenvalue weighted by Gasteiger charge is 2.40. The van der Waals surface area contributed by atoms with Crippen molar-refractivity contribution < 1.29 is 28.1 Å². The van der Waals surface area contributed by atoms with Gasteiger partial charge >= 0.3 is 0 Å². The number of fused-ring (bicyclic) bond motifs is 1. The zero-order chi connectivity index (χ0) is 41.1. The number of rotatable bonds is 20. The molecule has 2 N–H and O–H groups in total. The molecule has 0 radical (unpaired) electrons. The molecular weight excluding hydrogens is 745 g/mol. The number of ether oxygens (including phenoxy) is 3. The van der Waals surface area contributed by atoms with Crippen LogP contribution in [0.2, 0.25) is 0 Å². The number of nitrogens with zero attached hydrogens (tertiary/aromatic N) is 5. The zero-order valence-corrected chi connectivity index (χ0v) is 34.7. The maximum absolute atomic E-state index is 13.2. The maximum atomic E-state index is 13.2. The normalized spacial score (nSPS) is 13.0. The van der Waals surface area contributed by atoms with E-state index in [0.717, 1.165) is 16.7 Å². The van der Waals surface area contributed by atoms with E-state index in [0.29, 0.717) is 11.5 Å². The van der Waals surface area contributed by atoms with Crippen LogP contribution in [0.1, 0.15) is 64.7 Å². The van der Waals surface area contributed by atoms with E-state index < -0.39 is 25.8 Å². The zero-order valence-electron chi connectivity index (χ0n) is 33.8. The van der Waals surface area contributed by atoms with E-state index in [1.54, 1.807) is 32.6 Å². The molecule has 2 heterocycles. The van der Waals surface area contributed by atoms with Crippen molar-refractivity contribution in [2.75, 3.05) is 32.8 Å². The number of anilines is 1. The Hall–Kier alpha value is -5.16. The average Bonchev–Trinajstić information content (AvgIpc) is 3.61. The standard InChI is InChI=1S/C42H52N7O7P/c1-28(2)39(50)46-41-45-38-37(40(51)47-41)44-27-48(38)25-36(56-57(55-24-12-23-43)49(29(3)4)30(5)6)26-54-42(31-13-10-9-11-14-31,32-15-19-34(52-7)20-16-32)33-17-21-35(53-8)22-18-33/h9-11,13-22,27-30,36H,12,24-26H2,1-8H3,(H2,45,46,47,50,51)/t36-,57?/m1/s1. The Balaban J connectivity index is 1.66. The molecule has 1 amide bonds. The van der Waals surface area contributed by atoms with Crippen LogP contribution in [-0.2, 0) is 30.7 Å². The number of hydrogen-bond donors (Lipinski definition) is 2. The quantitative estimate of drug-likeness (QED) is 0.0458. The van der Waals surface area contributed by atoms with Crippen molar-refractivity contribution in [1.29, 1.82) is 5.26 Å². The second-order valence-corrected chi connectivity index (χ2v) is 15.6. The molecule has 5 rings (SSSR count). The average molecular weight is 798 g/mol. The van der Waals surface area contributed by atoms with Gasteiger partial charge in [-0.3, -0.25) is 19.9 Å². The summed E-state index contributed by atoms with van der Waals surface area (Å²) in [4.78, 5) is 37.4. The first-order chi connectivity index (χ1) is 27.4. The van der Waals surface area contributed by atoms with Gasteiger partial charge in [-0.25, -0.2) is 9.65 Å². The van der Waals surface area contributed by atoms with Gasteiger partial charge in [0.15, 0.2) is 11.2 Å². The third-order valence-electron chi connectivity index (χ3n) is 9.20. The fourth-order valence-electron chi connectivity index (χ4n) is 6.46. The van der Waals surface area contributed by atoms with Gasteiger partial charge in [0.25, 0.3) is 14.1 Å². The first kappa shape index (κ1) is 43.0. The fraction of sp³-hybridized carbons (Fsp3) is 0.405. The van der Waals surface area contributed by atoms with Crippen molar-refractivity contribution in [2.24, 2.45) is 5.92 Å². The van der Waals surface area contributed by atoms with Crippen LogP contribution in [0.15, 0.2) is 90.0 Å². The van der Waals surface area contributed by atoms with Gasteiger partial charge in [-0.05, 0) is 68.7 Å². The highest BCUT2D eigenvalue weighted by molar-refractivity contribution is 7.44. The first-order valence-corrected chi connectivity index (χ1v) is 20.0. The second-order valence-electron chi connectivity index (χ2n) is 14.2. The molecule has 0 saturated carbocycles. The number of carbonyl (C=O) groups is 1. The van der Waals surface area contributed by atoms with Crippen molar-refractivity contribution >= 4 is 31.5 Å².